The van der Waals surface area contributed by atoms with E-state index in [2.05, 4.69) is 49.2 Å². The van der Waals surface area contributed by atoms with Gasteiger partial charge in [-0.2, -0.15) is 0 Å². The lowest BCUT2D eigenvalue weighted by Gasteiger charge is -2.36. The van der Waals surface area contributed by atoms with Crippen LogP contribution in [0.2, 0.25) is 0 Å². The van der Waals surface area contributed by atoms with Crippen molar-refractivity contribution in [3.63, 3.8) is 0 Å². The van der Waals surface area contributed by atoms with E-state index in [1.165, 1.54) is 5.56 Å². The molecule has 1 atom stereocenters. The van der Waals surface area contributed by atoms with Crippen molar-refractivity contribution in [2.75, 3.05) is 7.11 Å². The second-order valence-electron chi connectivity index (χ2n) is 5.67. The van der Waals surface area contributed by atoms with Crippen molar-refractivity contribution in [2.45, 2.75) is 25.7 Å². The third kappa shape index (κ3) is 2.87. The Hall–Kier alpha value is -2.18. The molecule has 4 rings (SSSR count). The fraction of sp³-hybridized carbons (Fsp3) is 0.294. The summed E-state index contributed by atoms with van der Waals surface area (Å²) in [5.74, 6) is 2.01. The van der Waals surface area contributed by atoms with Gasteiger partial charge in [0, 0.05) is 30.9 Å². The Morgan fingerprint density at radius 1 is 1.35 bits per heavy atom. The monoisotopic (exact) mass is 326 g/mol. The van der Waals surface area contributed by atoms with Crippen molar-refractivity contribution < 1.29 is 4.74 Å². The van der Waals surface area contributed by atoms with Crippen LogP contribution in [0.1, 0.15) is 23.1 Å². The Balaban J connectivity index is 1.68. The Morgan fingerprint density at radius 3 is 3.13 bits per heavy atom. The zero-order valence-corrected chi connectivity index (χ0v) is 13.7. The highest BCUT2D eigenvalue weighted by Crippen LogP contribution is 2.32. The second kappa shape index (κ2) is 6.14. The molecule has 5 nitrogen and oxygen atoms in total. The van der Waals surface area contributed by atoms with Crippen LogP contribution in [-0.4, -0.2) is 26.5 Å². The van der Waals surface area contributed by atoms with Crippen LogP contribution in [0, 0.1) is 0 Å². The number of thiazole rings is 1. The predicted octanol–water partition coefficient (Wildman–Crippen LogP) is 3.11. The summed E-state index contributed by atoms with van der Waals surface area (Å²) in [6, 6.07) is 8.62. The molecule has 1 aliphatic heterocycles. The third-order valence-corrected chi connectivity index (χ3v) is 4.92. The first kappa shape index (κ1) is 14.4. The molecular weight excluding hydrogens is 308 g/mol. The van der Waals surface area contributed by atoms with Gasteiger partial charge in [0.1, 0.15) is 11.6 Å². The normalized spacial score (nSPS) is 17.9. The number of ether oxygens (including phenoxy) is 1. The quantitative estimate of drug-likeness (QED) is 0.739. The number of imidazole rings is 1. The molecule has 0 saturated heterocycles. The summed E-state index contributed by atoms with van der Waals surface area (Å²) in [4.78, 5) is 11.4. The molecule has 0 N–H and O–H groups in total. The SMILES string of the molecule is COc1cccc([C@@H]2Cn3ccnc3CN2Cc2cscn2)c1. The lowest BCUT2D eigenvalue weighted by Crippen LogP contribution is -2.36. The van der Waals surface area contributed by atoms with Gasteiger partial charge in [-0.15, -0.1) is 11.3 Å². The minimum Gasteiger partial charge on any atom is -0.497 e. The minimum absolute atomic E-state index is 0.286. The second-order valence-corrected chi connectivity index (χ2v) is 6.39. The number of aromatic nitrogens is 3. The number of hydrogen-bond acceptors (Lipinski definition) is 5. The Bertz CT molecular complexity index is 784. The lowest BCUT2D eigenvalue weighted by molar-refractivity contribution is 0.127. The number of nitrogens with zero attached hydrogens (tertiary/aromatic N) is 4. The molecule has 0 bridgehead atoms. The first-order chi connectivity index (χ1) is 11.3. The number of fused-ring (bicyclic) bond motifs is 1. The highest BCUT2D eigenvalue weighted by atomic mass is 32.1. The Morgan fingerprint density at radius 2 is 2.30 bits per heavy atom. The van der Waals surface area contributed by atoms with Crippen LogP contribution in [0.5, 0.6) is 5.75 Å². The molecule has 3 aromatic rings. The van der Waals surface area contributed by atoms with Crippen molar-refractivity contribution in [3.05, 3.63) is 64.6 Å². The number of benzene rings is 1. The topological polar surface area (TPSA) is 43.2 Å². The third-order valence-electron chi connectivity index (χ3n) is 4.28. The van der Waals surface area contributed by atoms with Crippen LogP contribution in [0.3, 0.4) is 0 Å². The molecule has 118 valence electrons. The van der Waals surface area contributed by atoms with E-state index in [-0.39, 0.29) is 6.04 Å². The maximum absolute atomic E-state index is 5.39. The molecular formula is C17H18N4OS. The summed E-state index contributed by atoms with van der Waals surface area (Å²) in [5.41, 5.74) is 4.27. The maximum atomic E-state index is 5.39. The summed E-state index contributed by atoms with van der Waals surface area (Å²) < 4.78 is 7.63. The Labute approximate surface area is 139 Å². The molecule has 0 aliphatic carbocycles. The van der Waals surface area contributed by atoms with Gasteiger partial charge in [-0.3, -0.25) is 4.90 Å². The van der Waals surface area contributed by atoms with Gasteiger partial charge in [0.25, 0.3) is 0 Å². The molecule has 1 aliphatic rings. The van der Waals surface area contributed by atoms with Crippen molar-refractivity contribution in [3.8, 4) is 5.75 Å². The smallest absolute Gasteiger partial charge is 0.122 e. The fourth-order valence-corrected chi connectivity index (χ4v) is 3.66. The van der Waals surface area contributed by atoms with Gasteiger partial charge in [-0.25, -0.2) is 9.97 Å². The predicted molar refractivity (Wildman–Crippen MR) is 89.3 cm³/mol. The fourth-order valence-electron chi connectivity index (χ4n) is 3.11. The van der Waals surface area contributed by atoms with Crippen LogP contribution in [0.4, 0.5) is 0 Å². The zero-order chi connectivity index (χ0) is 15.6. The highest BCUT2D eigenvalue weighted by Gasteiger charge is 2.28. The molecule has 3 heterocycles. The van der Waals surface area contributed by atoms with Gasteiger partial charge >= 0.3 is 0 Å². The molecule has 0 radical (unpaired) electrons. The molecule has 2 aromatic heterocycles. The van der Waals surface area contributed by atoms with E-state index in [4.69, 9.17) is 4.74 Å². The number of hydrogen-bond donors (Lipinski definition) is 0. The molecule has 0 amide bonds. The highest BCUT2D eigenvalue weighted by molar-refractivity contribution is 7.07. The van der Waals surface area contributed by atoms with Gasteiger partial charge in [-0.1, -0.05) is 12.1 Å². The average molecular weight is 326 g/mol. The van der Waals surface area contributed by atoms with Gasteiger partial charge in [-0.05, 0) is 17.7 Å². The lowest BCUT2D eigenvalue weighted by atomic mass is 10.0. The van der Waals surface area contributed by atoms with Crippen LogP contribution >= 0.6 is 11.3 Å². The van der Waals surface area contributed by atoms with Crippen LogP contribution in [0.25, 0.3) is 0 Å². The van der Waals surface area contributed by atoms with Gasteiger partial charge in [0.2, 0.25) is 0 Å². The maximum Gasteiger partial charge on any atom is 0.122 e. The van der Waals surface area contributed by atoms with E-state index in [0.717, 1.165) is 36.9 Å². The van der Waals surface area contributed by atoms with Crippen molar-refractivity contribution >= 4 is 11.3 Å². The summed E-state index contributed by atoms with van der Waals surface area (Å²) in [6.45, 7) is 2.55. The Kier molecular flexibility index (Phi) is 3.85. The van der Waals surface area contributed by atoms with Crippen LogP contribution < -0.4 is 4.74 Å². The molecule has 1 aromatic carbocycles. The van der Waals surface area contributed by atoms with Crippen molar-refractivity contribution in [1.29, 1.82) is 0 Å². The van der Waals surface area contributed by atoms with Gasteiger partial charge in [0.05, 0.1) is 30.9 Å². The minimum atomic E-state index is 0.286. The summed E-state index contributed by atoms with van der Waals surface area (Å²) in [6.07, 6.45) is 3.94. The van der Waals surface area contributed by atoms with E-state index in [1.54, 1.807) is 18.4 Å². The molecule has 0 saturated carbocycles. The van der Waals surface area contributed by atoms with E-state index >= 15 is 0 Å². The van der Waals surface area contributed by atoms with Gasteiger partial charge in [0.15, 0.2) is 0 Å². The average Bonchev–Trinajstić information content (AvgIpc) is 3.25. The van der Waals surface area contributed by atoms with E-state index in [1.807, 2.05) is 17.8 Å². The van der Waals surface area contributed by atoms with E-state index < -0.39 is 0 Å². The van der Waals surface area contributed by atoms with Crippen LogP contribution in [-0.2, 0) is 19.6 Å². The zero-order valence-electron chi connectivity index (χ0n) is 12.9. The number of rotatable bonds is 4. The van der Waals surface area contributed by atoms with E-state index in [9.17, 15) is 0 Å². The molecule has 6 heteroatoms. The van der Waals surface area contributed by atoms with Crippen molar-refractivity contribution in [2.24, 2.45) is 0 Å². The molecule has 0 fully saturated rings. The summed E-state index contributed by atoms with van der Waals surface area (Å²) in [7, 11) is 1.71. The standard InChI is InChI=1S/C17H18N4OS/c1-22-15-4-2-3-13(7-15)16-9-20-6-5-18-17(20)10-21(16)8-14-11-23-12-19-14/h2-7,11-12,16H,8-10H2,1H3/t16-/m0/s1. The molecule has 0 unspecified atom stereocenters. The first-order valence-electron chi connectivity index (χ1n) is 7.58. The molecule has 23 heavy (non-hydrogen) atoms. The largest absolute Gasteiger partial charge is 0.497 e. The summed E-state index contributed by atoms with van der Waals surface area (Å²) >= 11 is 1.64. The van der Waals surface area contributed by atoms with E-state index in [0.29, 0.717) is 0 Å². The first-order valence-corrected chi connectivity index (χ1v) is 8.53. The van der Waals surface area contributed by atoms with Gasteiger partial charge < -0.3 is 9.30 Å². The molecule has 0 spiro atoms. The number of methoxy groups -OCH3 is 1. The van der Waals surface area contributed by atoms with Crippen molar-refractivity contribution in [1.82, 2.24) is 19.4 Å². The summed E-state index contributed by atoms with van der Waals surface area (Å²) in [5, 5.41) is 2.11. The van der Waals surface area contributed by atoms with Crippen LogP contribution in [0.15, 0.2) is 47.5 Å².